The van der Waals surface area contributed by atoms with Crippen LogP contribution >= 0.6 is 0 Å². The normalized spacial score (nSPS) is 21.6. The van der Waals surface area contributed by atoms with Crippen LogP contribution in [0.3, 0.4) is 0 Å². The van der Waals surface area contributed by atoms with E-state index in [1.54, 1.807) is 0 Å². The summed E-state index contributed by atoms with van der Waals surface area (Å²) in [5, 5.41) is 0. The Balaban J connectivity index is 1.89. The van der Waals surface area contributed by atoms with Crippen molar-refractivity contribution < 1.29 is 14.0 Å². The second kappa shape index (κ2) is 7.64. The molecule has 3 rings (SSSR count). The van der Waals surface area contributed by atoms with Crippen molar-refractivity contribution in [2.45, 2.75) is 51.2 Å². The number of rotatable bonds is 5. The van der Waals surface area contributed by atoms with E-state index in [4.69, 9.17) is 9.47 Å². The van der Waals surface area contributed by atoms with Gasteiger partial charge in [0.05, 0.1) is 13.2 Å². The molecule has 0 aromatic heterocycles. The van der Waals surface area contributed by atoms with E-state index in [2.05, 4.69) is 29.9 Å². The molecule has 0 amide bonds. The van der Waals surface area contributed by atoms with Crippen LogP contribution < -0.4 is 4.72 Å². The summed E-state index contributed by atoms with van der Waals surface area (Å²) in [6.07, 6.45) is 2.76. The lowest BCUT2D eigenvalue weighted by molar-refractivity contribution is -0.0122. The van der Waals surface area contributed by atoms with Gasteiger partial charge in [-0.15, -0.1) is 4.72 Å². The van der Waals surface area contributed by atoms with Crippen molar-refractivity contribution in [3.8, 4) is 0 Å². The van der Waals surface area contributed by atoms with E-state index in [9.17, 15) is 4.55 Å². The van der Waals surface area contributed by atoms with Gasteiger partial charge in [0, 0.05) is 11.4 Å². The summed E-state index contributed by atoms with van der Waals surface area (Å²) < 4.78 is 27.1. The molecule has 2 aliphatic rings. The van der Waals surface area contributed by atoms with E-state index in [0.29, 0.717) is 13.2 Å². The first-order chi connectivity index (χ1) is 11.9. The minimum absolute atomic E-state index is 0.111. The summed E-state index contributed by atoms with van der Waals surface area (Å²) in [4.78, 5) is 0. The minimum Gasteiger partial charge on any atom is -0.598 e. The van der Waals surface area contributed by atoms with E-state index in [0.717, 1.165) is 23.1 Å². The Morgan fingerprint density at radius 1 is 1.16 bits per heavy atom. The highest BCUT2D eigenvalue weighted by Gasteiger charge is 2.34. The van der Waals surface area contributed by atoms with Gasteiger partial charge in [-0.3, -0.25) is 0 Å². The summed E-state index contributed by atoms with van der Waals surface area (Å²) in [6, 6.07) is 10.1. The van der Waals surface area contributed by atoms with Crippen molar-refractivity contribution >= 4 is 11.4 Å². The van der Waals surface area contributed by atoms with Gasteiger partial charge in [-0.2, -0.15) is 0 Å². The van der Waals surface area contributed by atoms with Crippen LogP contribution in [0.4, 0.5) is 0 Å². The molecule has 1 heterocycles. The van der Waals surface area contributed by atoms with E-state index in [1.807, 2.05) is 39.0 Å². The third kappa shape index (κ3) is 4.36. The zero-order valence-electron chi connectivity index (χ0n) is 15.4. The topological polar surface area (TPSA) is 53.5 Å². The highest BCUT2D eigenvalue weighted by atomic mass is 32.2. The highest BCUT2D eigenvalue weighted by Crippen LogP contribution is 2.37. The maximum Gasteiger partial charge on any atom is 0.180 e. The first-order valence-corrected chi connectivity index (χ1v) is 9.87. The molecule has 2 atom stereocenters. The van der Waals surface area contributed by atoms with Gasteiger partial charge in [-0.05, 0) is 50.8 Å². The molecule has 5 heteroatoms. The van der Waals surface area contributed by atoms with Crippen molar-refractivity contribution in [1.29, 1.82) is 0 Å². The summed E-state index contributed by atoms with van der Waals surface area (Å²) >= 11 is -1.17. The van der Waals surface area contributed by atoms with Crippen LogP contribution in [0, 0.1) is 0 Å². The van der Waals surface area contributed by atoms with E-state index < -0.39 is 11.4 Å². The van der Waals surface area contributed by atoms with E-state index in [-0.39, 0.29) is 17.1 Å². The fourth-order valence-electron chi connectivity index (χ4n) is 3.08. The molecule has 25 heavy (non-hydrogen) atoms. The SMILES string of the molecule is CC1=C(C(N[S+]([O-])C(C)(C)C)c2ccccc2)C=C(C2OCCO2)C1. The third-order valence-electron chi connectivity index (χ3n) is 4.45. The van der Waals surface area contributed by atoms with Crippen LogP contribution in [-0.4, -0.2) is 28.8 Å². The quantitative estimate of drug-likeness (QED) is 0.811. The number of allylic oxidation sites excluding steroid dienone is 1. The summed E-state index contributed by atoms with van der Waals surface area (Å²) in [5.74, 6) is 0. The Morgan fingerprint density at radius 2 is 1.80 bits per heavy atom. The van der Waals surface area contributed by atoms with Gasteiger partial charge < -0.3 is 14.0 Å². The van der Waals surface area contributed by atoms with Crippen LogP contribution in [-0.2, 0) is 20.8 Å². The lowest BCUT2D eigenvalue weighted by Gasteiger charge is -2.29. The van der Waals surface area contributed by atoms with Crippen LogP contribution in [0.1, 0.15) is 45.7 Å². The Kier molecular flexibility index (Phi) is 5.71. The molecule has 2 unspecified atom stereocenters. The van der Waals surface area contributed by atoms with Crippen molar-refractivity contribution in [3.05, 3.63) is 58.7 Å². The first-order valence-electron chi connectivity index (χ1n) is 8.72. The molecule has 4 nitrogen and oxygen atoms in total. The molecule has 0 spiro atoms. The molecule has 0 bridgehead atoms. The molecule has 1 aromatic rings. The zero-order valence-corrected chi connectivity index (χ0v) is 16.2. The van der Waals surface area contributed by atoms with Crippen LogP contribution in [0.25, 0.3) is 0 Å². The molecule has 0 radical (unpaired) electrons. The third-order valence-corrected chi connectivity index (χ3v) is 6.01. The summed E-state index contributed by atoms with van der Waals surface area (Å²) in [7, 11) is 0. The van der Waals surface area contributed by atoms with Crippen LogP contribution in [0.2, 0.25) is 0 Å². The maximum atomic E-state index is 12.8. The second-order valence-electron chi connectivity index (χ2n) is 7.55. The largest absolute Gasteiger partial charge is 0.598 e. The molecule has 1 saturated heterocycles. The molecule has 1 aliphatic heterocycles. The predicted octanol–water partition coefficient (Wildman–Crippen LogP) is 3.80. The monoisotopic (exact) mass is 361 g/mol. The lowest BCUT2D eigenvalue weighted by atomic mass is 9.98. The minimum atomic E-state index is -1.17. The average molecular weight is 362 g/mol. The lowest BCUT2D eigenvalue weighted by Crippen LogP contribution is -2.41. The van der Waals surface area contributed by atoms with Gasteiger partial charge in [-0.25, -0.2) is 0 Å². The number of hydrogen-bond donors (Lipinski definition) is 1. The zero-order chi connectivity index (χ0) is 18.0. The van der Waals surface area contributed by atoms with Crippen LogP contribution in [0.5, 0.6) is 0 Å². The molecular formula is C20H27NO3S. The Morgan fingerprint density at radius 3 is 2.40 bits per heavy atom. The average Bonchev–Trinajstić information content (AvgIpc) is 3.22. The van der Waals surface area contributed by atoms with Gasteiger partial charge >= 0.3 is 0 Å². The van der Waals surface area contributed by atoms with E-state index >= 15 is 0 Å². The Hall–Kier alpha value is -1.11. The molecule has 1 N–H and O–H groups in total. The molecule has 1 aliphatic carbocycles. The summed E-state index contributed by atoms with van der Waals surface area (Å²) in [6.45, 7) is 9.36. The van der Waals surface area contributed by atoms with Crippen molar-refractivity contribution in [3.63, 3.8) is 0 Å². The smallest absolute Gasteiger partial charge is 0.180 e. The predicted molar refractivity (Wildman–Crippen MR) is 101 cm³/mol. The van der Waals surface area contributed by atoms with Gasteiger partial charge in [0.2, 0.25) is 0 Å². The molecule has 1 fully saturated rings. The molecular weight excluding hydrogens is 334 g/mol. The van der Waals surface area contributed by atoms with Gasteiger partial charge in [0.25, 0.3) is 0 Å². The van der Waals surface area contributed by atoms with Crippen molar-refractivity contribution in [1.82, 2.24) is 4.72 Å². The van der Waals surface area contributed by atoms with Gasteiger partial charge in [0.15, 0.2) is 6.29 Å². The highest BCUT2D eigenvalue weighted by molar-refractivity contribution is 7.90. The number of ether oxygens (including phenoxy) is 2. The molecule has 136 valence electrons. The van der Waals surface area contributed by atoms with Crippen molar-refractivity contribution in [2.24, 2.45) is 0 Å². The summed E-state index contributed by atoms with van der Waals surface area (Å²) in [5.41, 5.74) is 4.69. The molecule has 0 saturated carbocycles. The van der Waals surface area contributed by atoms with E-state index in [1.165, 1.54) is 5.57 Å². The standard InChI is InChI=1S/C20H27NO3S/c1-14-12-16(19-23-10-11-24-19)13-17(14)18(15-8-6-5-7-9-15)21-25(22)20(2,3)4/h5-9,13,18-19,21H,10-12H2,1-4H3. The van der Waals surface area contributed by atoms with Gasteiger partial charge in [0.1, 0.15) is 10.8 Å². The fraction of sp³-hybridized carbons (Fsp3) is 0.500. The fourth-order valence-corrected chi connectivity index (χ4v) is 3.91. The first kappa shape index (κ1) is 18.7. The van der Waals surface area contributed by atoms with Crippen LogP contribution in [0.15, 0.2) is 53.1 Å². The van der Waals surface area contributed by atoms with Gasteiger partial charge in [-0.1, -0.05) is 42.0 Å². The second-order valence-corrected chi connectivity index (χ2v) is 9.55. The number of nitrogens with one attached hydrogen (secondary N) is 1. The number of benzene rings is 1. The number of hydrogen-bond acceptors (Lipinski definition) is 4. The Labute approximate surface area is 153 Å². The molecule has 1 aromatic carbocycles. The Bertz CT molecular complexity index is 657. The maximum absolute atomic E-state index is 12.8. The van der Waals surface area contributed by atoms with Crippen molar-refractivity contribution in [2.75, 3.05) is 13.2 Å².